The minimum atomic E-state index is 0. The molecule has 0 aromatic heterocycles. The molecule has 0 bridgehead atoms. The SMILES string of the molecule is CC(CC1CO1)[NH+](CCO)CCO.[Cl-]. The predicted octanol–water partition coefficient (Wildman–Crippen LogP) is -4.96. The lowest BCUT2D eigenvalue weighted by Gasteiger charge is -2.24. The molecule has 1 heterocycles. The van der Waals surface area contributed by atoms with Crippen LogP contribution in [0.15, 0.2) is 0 Å². The van der Waals surface area contributed by atoms with Crippen LogP contribution in [0.1, 0.15) is 13.3 Å². The normalized spacial score (nSPS) is 21.9. The second kappa shape index (κ2) is 7.43. The number of aliphatic hydroxyl groups excluding tert-OH is 2. The number of halogens is 1. The Morgan fingerprint density at radius 2 is 1.86 bits per heavy atom. The summed E-state index contributed by atoms with van der Waals surface area (Å²) < 4.78 is 5.15. The van der Waals surface area contributed by atoms with Crippen LogP contribution in [0.2, 0.25) is 0 Å². The molecule has 3 N–H and O–H groups in total. The average molecular weight is 226 g/mol. The van der Waals surface area contributed by atoms with E-state index in [9.17, 15) is 0 Å². The summed E-state index contributed by atoms with van der Waals surface area (Å²) in [7, 11) is 0. The van der Waals surface area contributed by atoms with Crippen LogP contribution in [0.3, 0.4) is 0 Å². The summed E-state index contributed by atoms with van der Waals surface area (Å²) in [6, 6.07) is 0.465. The largest absolute Gasteiger partial charge is 1.00 e. The smallest absolute Gasteiger partial charge is 0.101 e. The second-order valence-electron chi connectivity index (χ2n) is 3.70. The van der Waals surface area contributed by atoms with Gasteiger partial charge in [0, 0.05) is 6.42 Å². The van der Waals surface area contributed by atoms with Crippen molar-refractivity contribution in [2.75, 3.05) is 32.9 Å². The van der Waals surface area contributed by atoms with Gasteiger partial charge in [-0.05, 0) is 6.92 Å². The molecule has 14 heavy (non-hydrogen) atoms. The Labute approximate surface area is 91.3 Å². The predicted molar refractivity (Wildman–Crippen MR) is 48.7 cm³/mol. The molecule has 2 atom stereocenters. The standard InChI is InChI=1S/C9H19NO3.ClH/c1-8(6-9-7-13-9)10(2-4-11)3-5-12;/h8-9,11-12H,2-7H2,1H3;1H. The third-order valence-corrected chi connectivity index (χ3v) is 2.58. The maximum Gasteiger partial charge on any atom is 0.101 e. The maximum absolute atomic E-state index is 8.83. The van der Waals surface area contributed by atoms with Crippen molar-refractivity contribution >= 4 is 0 Å². The zero-order chi connectivity index (χ0) is 9.68. The van der Waals surface area contributed by atoms with E-state index >= 15 is 0 Å². The Bertz CT molecular complexity index is 138. The number of aliphatic hydroxyl groups is 2. The van der Waals surface area contributed by atoms with Crippen molar-refractivity contribution < 1.29 is 32.3 Å². The number of rotatable bonds is 7. The minimum absolute atomic E-state index is 0. The first-order chi connectivity index (χ1) is 6.27. The number of hydrogen-bond acceptors (Lipinski definition) is 3. The molecule has 1 fully saturated rings. The van der Waals surface area contributed by atoms with Gasteiger partial charge in [-0.2, -0.15) is 0 Å². The van der Waals surface area contributed by atoms with Crippen LogP contribution in [0, 0.1) is 0 Å². The van der Waals surface area contributed by atoms with Crippen LogP contribution in [0.25, 0.3) is 0 Å². The fourth-order valence-electron chi connectivity index (χ4n) is 1.67. The lowest BCUT2D eigenvalue weighted by atomic mass is 10.1. The highest BCUT2D eigenvalue weighted by Gasteiger charge is 2.29. The van der Waals surface area contributed by atoms with Gasteiger partial charge in [-0.15, -0.1) is 0 Å². The zero-order valence-electron chi connectivity index (χ0n) is 8.58. The molecule has 2 unspecified atom stereocenters. The van der Waals surface area contributed by atoms with Crippen molar-refractivity contribution in [3.63, 3.8) is 0 Å². The fourth-order valence-corrected chi connectivity index (χ4v) is 1.67. The summed E-state index contributed by atoms with van der Waals surface area (Å²) in [5.74, 6) is 0. The van der Waals surface area contributed by atoms with E-state index < -0.39 is 0 Å². The molecule has 0 aliphatic carbocycles. The summed E-state index contributed by atoms with van der Waals surface area (Å²) >= 11 is 0. The summed E-state index contributed by atoms with van der Waals surface area (Å²) in [6.45, 7) is 4.83. The van der Waals surface area contributed by atoms with Crippen molar-refractivity contribution in [3.05, 3.63) is 0 Å². The fraction of sp³-hybridized carbons (Fsp3) is 1.00. The van der Waals surface area contributed by atoms with E-state index in [2.05, 4.69) is 6.92 Å². The van der Waals surface area contributed by atoms with E-state index in [-0.39, 0.29) is 25.6 Å². The Balaban J connectivity index is 0.00000169. The zero-order valence-corrected chi connectivity index (χ0v) is 9.33. The molecule has 0 amide bonds. The quantitative estimate of drug-likeness (QED) is 0.381. The number of quaternary nitrogens is 1. The molecule has 0 aromatic carbocycles. The highest BCUT2D eigenvalue weighted by molar-refractivity contribution is 4.71. The molecule has 0 saturated carbocycles. The van der Waals surface area contributed by atoms with Gasteiger partial charge in [0.2, 0.25) is 0 Å². The van der Waals surface area contributed by atoms with Crippen molar-refractivity contribution in [1.29, 1.82) is 0 Å². The summed E-state index contributed by atoms with van der Waals surface area (Å²) in [5.41, 5.74) is 0. The molecule has 0 aromatic rings. The van der Waals surface area contributed by atoms with Crippen molar-refractivity contribution in [3.8, 4) is 0 Å². The van der Waals surface area contributed by atoms with Crippen LogP contribution in [0.5, 0.6) is 0 Å². The molecule has 5 heteroatoms. The molecule has 86 valence electrons. The minimum Gasteiger partial charge on any atom is -1.00 e. The number of nitrogens with one attached hydrogen (secondary N) is 1. The van der Waals surface area contributed by atoms with Crippen LogP contribution in [0.4, 0.5) is 0 Å². The summed E-state index contributed by atoms with van der Waals surface area (Å²) in [4.78, 5) is 1.26. The molecular weight excluding hydrogens is 206 g/mol. The molecule has 4 nitrogen and oxygen atoms in total. The first kappa shape index (κ1) is 14.1. The van der Waals surface area contributed by atoms with Gasteiger partial charge in [-0.25, -0.2) is 0 Å². The molecule has 1 aliphatic heterocycles. The van der Waals surface area contributed by atoms with E-state index in [1.165, 1.54) is 4.90 Å². The van der Waals surface area contributed by atoms with Crippen LogP contribution in [-0.4, -0.2) is 55.3 Å². The van der Waals surface area contributed by atoms with E-state index in [0.29, 0.717) is 25.2 Å². The van der Waals surface area contributed by atoms with E-state index in [1.54, 1.807) is 0 Å². The molecule has 1 rings (SSSR count). The third kappa shape index (κ3) is 5.12. The van der Waals surface area contributed by atoms with Gasteiger partial charge < -0.3 is 32.3 Å². The number of hydrogen-bond donors (Lipinski definition) is 3. The van der Waals surface area contributed by atoms with Crippen molar-refractivity contribution in [1.82, 2.24) is 0 Å². The lowest BCUT2D eigenvalue weighted by molar-refractivity contribution is -0.924. The molecule has 0 spiro atoms. The van der Waals surface area contributed by atoms with Crippen molar-refractivity contribution in [2.45, 2.75) is 25.5 Å². The Kier molecular flexibility index (Phi) is 7.49. The van der Waals surface area contributed by atoms with Gasteiger partial charge in [0.25, 0.3) is 0 Å². The summed E-state index contributed by atoms with van der Waals surface area (Å²) in [5, 5.41) is 17.7. The van der Waals surface area contributed by atoms with Crippen LogP contribution >= 0.6 is 0 Å². The van der Waals surface area contributed by atoms with E-state index in [0.717, 1.165) is 13.0 Å². The van der Waals surface area contributed by atoms with Crippen LogP contribution < -0.4 is 17.3 Å². The Hall–Kier alpha value is 0.130. The van der Waals surface area contributed by atoms with Gasteiger partial charge in [-0.3, -0.25) is 0 Å². The number of ether oxygens (including phenoxy) is 1. The monoisotopic (exact) mass is 225 g/mol. The van der Waals surface area contributed by atoms with Gasteiger partial charge in [-0.1, -0.05) is 0 Å². The third-order valence-electron chi connectivity index (χ3n) is 2.58. The molecule has 1 saturated heterocycles. The second-order valence-corrected chi connectivity index (χ2v) is 3.70. The van der Waals surface area contributed by atoms with Gasteiger partial charge in [0.1, 0.15) is 13.1 Å². The van der Waals surface area contributed by atoms with Gasteiger partial charge >= 0.3 is 0 Å². The van der Waals surface area contributed by atoms with Gasteiger partial charge in [0.15, 0.2) is 0 Å². The maximum atomic E-state index is 8.83. The average Bonchev–Trinajstić information content (AvgIpc) is 2.88. The van der Waals surface area contributed by atoms with E-state index in [4.69, 9.17) is 14.9 Å². The highest BCUT2D eigenvalue weighted by Crippen LogP contribution is 2.14. The molecule has 1 aliphatic rings. The lowest BCUT2D eigenvalue weighted by Crippen LogP contribution is -3.16. The van der Waals surface area contributed by atoms with E-state index in [1.807, 2.05) is 0 Å². The number of epoxide rings is 1. The Morgan fingerprint density at radius 3 is 2.21 bits per heavy atom. The van der Waals surface area contributed by atoms with Crippen molar-refractivity contribution in [2.24, 2.45) is 0 Å². The Morgan fingerprint density at radius 1 is 1.36 bits per heavy atom. The van der Waals surface area contributed by atoms with Gasteiger partial charge in [0.05, 0.1) is 32.0 Å². The highest BCUT2D eigenvalue weighted by atomic mass is 35.5. The molecular formula is C9H20ClNO3. The summed E-state index contributed by atoms with van der Waals surface area (Å²) in [6.07, 6.45) is 1.47. The molecule has 0 radical (unpaired) electrons. The van der Waals surface area contributed by atoms with Crippen LogP contribution in [-0.2, 0) is 4.74 Å². The first-order valence-electron chi connectivity index (χ1n) is 4.95. The first-order valence-corrected chi connectivity index (χ1v) is 4.95. The topological polar surface area (TPSA) is 57.4 Å².